The topological polar surface area (TPSA) is 47.0 Å². The van der Waals surface area contributed by atoms with Gasteiger partial charge < -0.3 is 10.1 Å². The Bertz CT molecular complexity index is 565. The number of nitrogens with zero attached hydrogens (tertiary/aromatic N) is 2. The molecule has 0 unspecified atom stereocenters. The van der Waals surface area contributed by atoms with Crippen molar-refractivity contribution >= 4 is 11.6 Å². The molecule has 1 N–H and O–H groups in total. The summed E-state index contributed by atoms with van der Waals surface area (Å²) in [4.78, 5) is 8.79. The minimum Gasteiger partial charge on any atom is -0.474 e. The molecule has 1 saturated carbocycles. The lowest BCUT2D eigenvalue weighted by molar-refractivity contribution is 0.200. The van der Waals surface area contributed by atoms with Gasteiger partial charge in [0.2, 0.25) is 11.8 Å². The van der Waals surface area contributed by atoms with Gasteiger partial charge in [0.15, 0.2) is 0 Å². The first kappa shape index (κ1) is 12.9. The maximum atomic E-state index is 5.99. The Morgan fingerprint density at radius 1 is 1.15 bits per heavy atom. The first-order valence-electron chi connectivity index (χ1n) is 7.13. The SMILES string of the molecule is Cc1cnc(Nc2ccccc2)nc1OC1CCCC1. The van der Waals surface area contributed by atoms with Crippen LogP contribution < -0.4 is 10.1 Å². The maximum absolute atomic E-state index is 5.99. The summed E-state index contributed by atoms with van der Waals surface area (Å²) in [7, 11) is 0. The van der Waals surface area contributed by atoms with Crippen LogP contribution in [0.4, 0.5) is 11.6 Å². The smallest absolute Gasteiger partial charge is 0.230 e. The van der Waals surface area contributed by atoms with Gasteiger partial charge in [-0.15, -0.1) is 0 Å². The van der Waals surface area contributed by atoms with Gasteiger partial charge >= 0.3 is 0 Å². The zero-order valence-electron chi connectivity index (χ0n) is 11.7. The molecule has 4 nitrogen and oxygen atoms in total. The average Bonchev–Trinajstić information content (AvgIpc) is 2.97. The fourth-order valence-electron chi connectivity index (χ4n) is 2.42. The molecule has 104 valence electrons. The fourth-order valence-corrected chi connectivity index (χ4v) is 2.42. The van der Waals surface area contributed by atoms with Crippen LogP contribution in [0, 0.1) is 6.92 Å². The van der Waals surface area contributed by atoms with E-state index in [0.29, 0.717) is 17.9 Å². The fraction of sp³-hybridized carbons (Fsp3) is 0.375. The molecule has 0 spiro atoms. The summed E-state index contributed by atoms with van der Waals surface area (Å²) in [5, 5.41) is 3.19. The number of aryl methyl sites for hydroxylation is 1. The number of nitrogens with one attached hydrogen (secondary N) is 1. The molecule has 1 aromatic carbocycles. The van der Waals surface area contributed by atoms with Crippen molar-refractivity contribution in [1.82, 2.24) is 9.97 Å². The van der Waals surface area contributed by atoms with Crippen LogP contribution in [-0.2, 0) is 0 Å². The van der Waals surface area contributed by atoms with Crippen molar-refractivity contribution in [2.75, 3.05) is 5.32 Å². The minimum absolute atomic E-state index is 0.313. The van der Waals surface area contributed by atoms with Crippen molar-refractivity contribution in [1.29, 1.82) is 0 Å². The Hall–Kier alpha value is -2.10. The van der Waals surface area contributed by atoms with E-state index in [1.165, 1.54) is 12.8 Å². The maximum Gasteiger partial charge on any atom is 0.230 e. The molecule has 0 bridgehead atoms. The third kappa shape index (κ3) is 3.07. The van der Waals surface area contributed by atoms with Crippen molar-refractivity contribution in [3.63, 3.8) is 0 Å². The highest BCUT2D eigenvalue weighted by Crippen LogP contribution is 2.25. The van der Waals surface area contributed by atoms with E-state index in [1.807, 2.05) is 43.5 Å². The van der Waals surface area contributed by atoms with Gasteiger partial charge in [0.25, 0.3) is 0 Å². The summed E-state index contributed by atoms with van der Waals surface area (Å²) < 4.78 is 5.99. The summed E-state index contributed by atoms with van der Waals surface area (Å²) in [5.74, 6) is 1.28. The minimum atomic E-state index is 0.313. The van der Waals surface area contributed by atoms with E-state index in [1.54, 1.807) is 0 Å². The van der Waals surface area contributed by atoms with E-state index in [2.05, 4.69) is 15.3 Å². The van der Waals surface area contributed by atoms with Crippen LogP contribution in [0.25, 0.3) is 0 Å². The molecular weight excluding hydrogens is 250 g/mol. The first-order chi connectivity index (χ1) is 9.81. The molecule has 1 heterocycles. The van der Waals surface area contributed by atoms with Gasteiger partial charge in [-0.05, 0) is 44.7 Å². The second kappa shape index (κ2) is 5.90. The Morgan fingerprint density at radius 3 is 2.65 bits per heavy atom. The van der Waals surface area contributed by atoms with Gasteiger partial charge in [0.1, 0.15) is 6.10 Å². The molecule has 20 heavy (non-hydrogen) atoms. The highest BCUT2D eigenvalue weighted by atomic mass is 16.5. The van der Waals surface area contributed by atoms with Crippen molar-refractivity contribution < 1.29 is 4.74 Å². The second-order valence-corrected chi connectivity index (χ2v) is 5.20. The lowest BCUT2D eigenvalue weighted by Crippen LogP contribution is -2.13. The summed E-state index contributed by atoms with van der Waals surface area (Å²) in [6, 6.07) is 9.91. The Morgan fingerprint density at radius 2 is 1.90 bits per heavy atom. The van der Waals surface area contributed by atoms with E-state index in [9.17, 15) is 0 Å². The Labute approximate surface area is 119 Å². The van der Waals surface area contributed by atoms with Crippen LogP contribution in [0.15, 0.2) is 36.5 Å². The Kier molecular flexibility index (Phi) is 3.81. The normalized spacial score (nSPS) is 15.2. The molecule has 0 saturated heterocycles. The zero-order chi connectivity index (χ0) is 13.8. The number of aromatic nitrogens is 2. The number of rotatable bonds is 4. The largest absolute Gasteiger partial charge is 0.474 e. The number of hydrogen-bond donors (Lipinski definition) is 1. The summed E-state index contributed by atoms with van der Waals surface area (Å²) in [6.07, 6.45) is 6.89. The molecule has 1 fully saturated rings. The number of ether oxygens (including phenoxy) is 1. The molecular formula is C16H19N3O. The molecule has 0 radical (unpaired) electrons. The van der Waals surface area contributed by atoms with Gasteiger partial charge in [-0.2, -0.15) is 4.98 Å². The van der Waals surface area contributed by atoms with Crippen LogP contribution in [0.1, 0.15) is 31.2 Å². The monoisotopic (exact) mass is 269 g/mol. The van der Waals surface area contributed by atoms with E-state index in [4.69, 9.17) is 4.74 Å². The number of benzene rings is 1. The lowest BCUT2D eigenvalue weighted by atomic mass is 10.3. The van der Waals surface area contributed by atoms with Gasteiger partial charge in [0, 0.05) is 17.4 Å². The summed E-state index contributed by atoms with van der Waals surface area (Å²) >= 11 is 0. The highest BCUT2D eigenvalue weighted by Gasteiger charge is 2.18. The molecule has 1 aliphatic carbocycles. The number of anilines is 2. The average molecular weight is 269 g/mol. The second-order valence-electron chi connectivity index (χ2n) is 5.20. The molecule has 4 heteroatoms. The van der Waals surface area contributed by atoms with Crippen LogP contribution >= 0.6 is 0 Å². The summed E-state index contributed by atoms with van der Waals surface area (Å²) in [6.45, 7) is 1.98. The molecule has 0 amide bonds. The van der Waals surface area contributed by atoms with Crippen molar-refractivity contribution in [3.05, 3.63) is 42.1 Å². The molecule has 0 aliphatic heterocycles. The quantitative estimate of drug-likeness (QED) is 0.915. The number of hydrogen-bond acceptors (Lipinski definition) is 4. The first-order valence-corrected chi connectivity index (χ1v) is 7.13. The van der Waals surface area contributed by atoms with Crippen LogP contribution in [0.3, 0.4) is 0 Å². The van der Waals surface area contributed by atoms with Crippen LogP contribution in [0.2, 0.25) is 0 Å². The molecule has 1 aromatic heterocycles. The zero-order valence-corrected chi connectivity index (χ0v) is 11.7. The van der Waals surface area contributed by atoms with Crippen LogP contribution in [-0.4, -0.2) is 16.1 Å². The van der Waals surface area contributed by atoms with Gasteiger partial charge in [-0.3, -0.25) is 0 Å². The molecule has 2 aromatic rings. The van der Waals surface area contributed by atoms with Crippen molar-refractivity contribution in [3.8, 4) is 5.88 Å². The molecule has 1 aliphatic rings. The van der Waals surface area contributed by atoms with E-state index in [-0.39, 0.29) is 0 Å². The van der Waals surface area contributed by atoms with Crippen LogP contribution in [0.5, 0.6) is 5.88 Å². The van der Waals surface area contributed by atoms with E-state index < -0.39 is 0 Å². The molecule has 0 atom stereocenters. The predicted octanol–water partition coefficient (Wildman–Crippen LogP) is 3.85. The standard InChI is InChI=1S/C16H19N3O/c1-12-11-17-16(18-13-7-3-2-4-8-13)19-15(12)20-14-9-5-6-10-14/h2-4,7-8,11,14H,5-6,9-10H2,1H3,(H,17,18,19). The highest BCUT2D eigenvalue weighted by molar-refractivity contribution is 5.53. The summed E-state index contributed by atoms with van der Waals surface area (Å²) in [5.41, 5.74) is 1.96. The van der Waals surface area contributed by atoms with Crippen molar-refractivity contribution in [2.45, 2.75) is 38.7 Å². The van der Waals surface area contributed by atoms with Gasteiger partial charge in [0.05, 0.1) is 0 Å². The Balaban J connectivity index is 1.75. The molecule has 3 rings (SSSR count). The van der Waals surface area contributed by atoms with Gasteiger partial charge in [-0.25, -0.2) is 4.98 Å². The van der Waals surface area contributed by atoms with E-state index in [0.717, 1.165) is 24.1 Å². The predicted molar refractivity (Wildman–Crippen MR) is 79.4 cm³/mol. The third-order valence-corrected chi connectivity index (χ3v) is 3.54. The third-order valence-electron chi connectivity index (χ3n) is 3.54. The van der Waals surface area contributed by atoms with E-state index >= 15 is 0 Å². The number of para-hydroxylation sites is 1. The van der Waals surface area contributed by atoms with Crippen molar-refractivity contribution in [2.24, 2.45) is 0 Å². The van der Waals surface area contributed by atoms with Gasteiger partial charge in [-0.1, -0.05) is 18.2 Å². The lowest BCUT2D eigenvalue weighted by Gasteiger charge is -2.14.